The van der Waals surface area contributed by atoms with Gasteiger partial charge in [0.1, 0.15) is 23.1 Å². The SMILES string of the molecule is COc1ccc2nc(CCl)n(Cc3ccc(C)o3)c2c1. The highest BCUT2D eigenvalue weighted by Gasteiger charge is 2.12. The highest BCUT2D eigenvalue weighted by Crippen LogP contribution is 2.24. The number of fused-ring (bicyclic) bond motifs is 1. The number of alkyl halides is 1. The fourth-order valence-electron chi connectivity index (χ4n) is 2.28. The van der Waals surface area contributed by atoms with Crippen molar-refractivity contribution in [1.82, 2.24) is 9.55 Å². The molecule has 0 bridgehead atoms. The van der Waals surface area contributed by atoms with Crippen molar-refractivity contribution in [3.8, 4) is 5.75 Å². The van der Waals surface area contributed by atoms with Gasteiger partial charge in [0, 0.05) is 6.07 Å². The smallest absolute Gasteiger partial charge is 0.125 e. The minimum absolute atomic E-state index is 0.358. The van der Waals surface area contributed by atoms with Crippen LogP contribution in [0.4, 0.5) is 0 Å². The molecule has 3 rings (SSSR count). The number of benzene rings is 1. The number of methoxy groups -OCH3 is 1. The molecule has 0 spiro atoms. The number of hydrogen-bond acceptors (Lipinski definition) is 3. The Balaban J connectivity index is 2.10. The zero-order chi connectivity index (χ0) is 14.1. The molecule has 0 N–H and O–H groups in total. The lowest BCUT2D eigenvalue weighted by Gasteiger charge is -2.06. The lowest BCUT2D eigenvalue weighted by atomic mass is 10.3. The maximum Gasteiger partial charge on any atom is 0.125 e. The van der Waals surface area contributed by atoms with Crippen LogP contribution < -0.4 is 4.74 Å². The fraction of sp³-hybridized carbons (Fsp3) is 0.267. The Morgan fingerprint density at radius 3 is 2.80 bits per heavy atom. The molecule has 0 fully saturated rings. The minimum atomic E-state index is 0.358. The predicted octanol–water partition coefficient (Wildman–Crippen LogP) is 3.73. The first kappa shape index (κ1) is 13.1. The molecule has 1 aromatic carbocycles. The second-order valence-corrected chi connectivity index (χ2v) is 4.88. The number of ether oxygens (including phenoxy) is 1. The molecule has 3 aromatic rings. The number of nitrogens with zero attached hydrogens (tertiary/aromatic N) is 2. The van der Waals surface area contributed by atoms with Crippen LogP contribution >= 0.6 is 11.6 Å². The normalized spacial score (nSPS) is 11.2. The maximum atomic E-state index is 6.00. The van der Waals surface area contributed by atoms with E-state index >= 15 is 0 Å². The molecule has 0 aliphatic heterocycles. The van der Waals surface area contributed by atoms with Crippen LogP contribution in [-0.4, -0.2) is 16.7 Å². The molecule has 0 radical (unpaired) electrons. The summed E-state index contributed by atoms with van der Waals surface area (Å²) in [6, 6.07) is 9.73. The lowest BCUT2D eigenvalue weighted by molar-refractivity contribution is 0.415. The van der Waals surface area contributed by atoms with Crippen molar-refractivity contribution >= 4 is 22.6 Å². The van der Waals surface area contributed by atoms with E-state index in [1.54, 1.807) is 7.11 Å². The van der Waals surface area contributed by atoms with Gasteiger partial charge in [0.05, 0.1) is 30.6 Å². The third kappa shape index (κ3) is 2.27. The second kappa shape index (κ2) is 5.21. The van der Waals surface area contributed by atoms with Crippen LogP contribution in [0.2, 0.25) is 0 Å². The van der Waals surface area contributed by atoms with E-state index < -0.39 is 0 Å². The Bertz CT molecular complexity index is 745. The molecule has 5 heteroatoms. The molecule has 0 amide bonds. The average molecular weight is 291 g/mol. The van der Waals surface area contributed by atoms with Gasteiger partial charge in [-0.05, 0) is 31.2 Å². The highest BCUT2D eigenvalue weighted by molar-refractivity contribution is 6.16. The van der Waals surface area contributed by atoms with Crippen molar-refractivity contribution in [3.63, 3.8) is 0 Å². The summed E-state index contributed by atoms with van der Waals surface area (Å²) < 4.78 is 13.0. The number of halogens is 1. The van der Waals surface area contributed by atoms with E-state index in [0.717, 1.165) is 34.1 Å². The van der Waals surface area contributed by atoms with Gasteiger partial charge in [-0.1, -0.05) is 0 Å². The number of aryl methyl sites for hydroxylation is 1. The van der Waals surface area contributed by atoms with Gasteiger partial charge in [0.25, 0.3) is 0 Å². The second-order valence-electron chi connectivity index (χ2n) is 4.61. The lowest BCUT2D eigenvalue weighted by Crippen LogP contribution is -2.03. The summed E-state index contributed by atoms with van der Waals surface area (Å²) in [5, 5.41) is 0. The third-order valence-corrected chi connectivity index (χ3v) is 3.50. The van der Waals surface area contributed by atoms with Gasteiger partial charge >= 0.3 is 0 Å². The average Bonchev–Trinajstić information content (AvgIpc) is 3.03. The van der Waals surface area contributed by atoms with Crippen LogP contribution in [0, 0.1) is 6.92 Å². The summed E-state index contributed by atoms with van der Waals surface area (Å²) in [6.07, 6.45) is 0. The quantitative estimate of drug-likeness (QED) is 0.687. The number of aromatic nitrogens is 2. The Kier molecular flexibility index (Phi) is 3.40. The van der Waals surface area contributed by atoms with Gasteiger partial charge in [0.15, 0.2) is 0 Å². The molecule has 0 saturated heterocycles. The fourth-order valence-corrected chi connectivity index (χ4v) is 2.49. The van der Waals surface area contributed by atoms with Crippen molar-refractivity contribution in [2.75, 3.05) is 7.11 Å². The molecule has 4 nitrogen and oxygen atoms in total. The van der Waals surface area contributed by atoms with E-state index in [9.17, 15) is 0 Å². The molecular weight excluding hydrogens is 276 g/mol. The van der Waals surface area contributed by atoms with E-state index in [2.05, 4.69) is 9.55 Å². The molecule has 2 aromatic heterocycles. The molecule has 0 aliphatic carbocycles. The molecule has 2 heterocycles. The monoisotopic (exact) mass is 290 g/mol. The Morgan fingerprint density at radius 1 is 1.30 bits per heavy atom. The first-order valence-electron chi connectivity index (χ1n) is 6.35. The van der Waals surface area contributed by atoms with Crippen LogP contribution in [0.3, 0.4) is 0 Å². The molecular formula is C15H15ClN2O2. The Morgan fingerprint density at radius 2 is 2.15 bits per heavy atom. The number of furan rings is 1. The Hall–Kier alpha value is -1.94. The largest absolute Gasteiger partial charge is 0.497 e. The molecule has 0 unspecified atom stereocenters. The third-order valence-electron chi connectivity index (χ3n) is 3.26. The molecule has 0 atom stereocenters. The summed E-state index contributed by atoms with van der Waals surface area (Å²) in [7, 11) is 1.65. The predicted molar refractivity (Wildman–Crippen MR) is 78.4 cm³/mol. The van der Waals surface area contributed by atoms with E-state index in [1.165, 1.54) is 0 Å². The van der Waals surface area contributed by atoms with Crippen molar-refractivity contribution in [2.24, 2.45) is 0 Å². The zero-order valence-corrected chi connectivity index (χ0v) is 12.1. The minimum Gasteiger partial charge on any atom is -0.497 e. The summed E-state index contributed by atoms with van der Waals surface area (Å²) >= 11 is 6.00. The van der Waals surface area contributed by atoms with Crippen molar-refractivity contribution in [2.45, 2.75) is 19.3 Å². The van der Waals surface area contributed by atoms with Crippen LogP contribution in [0.5, 0.6) is 5.75 Å². The number of hydrogen-bond donors (Lipinski definition) is 0. The van der Waals surface area contributed by atoms with Gasteiger partial charge in [-0.3, -0.25) is 0 Å². The van der Waals surface area contributed by atoms with Gasteiger partial charge < -0.3 is 13.7 Å². The number of imidazole rings is 1. The molecule has 0 saturated carbocycles. The van der Waals surface area contributed by atoms with Crippen molar-refractivity contribution < 1.29 is 9.15 Å². The first-order valence-corrected chi connectivity index (χ1v) is 6.89. The van der Waals surface area contributed by atoms with Crippen LogP contribution in [0.15, 0.2) is 34.7 Å². The summed E-state index contributed by atoms with van der Waals surface area (Å²) in [6.45, 7) is 2.54. The molecule has 104 valence electrons. The van der Waals surface area contributed by atoms with Crippen LogP contribution in [0.1, 0.15) is 17.3 Å². The van der Waals surface area contributed by atoms with Gasteiger partial charge in [0.2, 0.25) is 0 Å². The van der Waals surface area contributed by atoms with Crippen LogP contribution in [0.25, 0.3) is 11.0 Å². The van der Waals surface area contributed by atoms with E-state index in [-0.39, 0.29) is 0 Å². The number of rotatable bonds is 4. The first-order chi connectivity index (χ1) is 9.71. The van der Waals surface area contributed by atoms with Crippen LogP contribution in [-0.2, 0) is 12.4 Å². The molecule has 0 aliphatic rings. The summed E-state index contributed by atoms with van der Waals surface area (Å²) in [5.41, 5.74) is 1.90. The van der Waals surface area contributed by atoms with E-state index in [0.29, 0.717) is 12.4 Å². The van der Waals surface area contributed by atoms with Crippen molar-refractivity contribution in [1.29, 1.82) is 0 Å². The maximum absolute atomic E-state index is 6.00. The van der Waals surface area contributed by atoms with Gasteiger partial charge in [-0.15, -0.1) is 11.6 Å². The van der Waals surface area contributed by atoms with E-state index in [1.807, 2.05) is 37.3 Å². The highest BCUT2D eigenvalue weighted by atomic mass is 35.5. The van der Waals surface area contributed by atoms with Gasteiger partial charge in [-0.2, -0.15) is 0 Å². The van der Waals surface area contributed by atoms with Crippen molar-refractivity contribution in [3.05, 3.63) is 47.7 Å². The van der Waals surface area contributed by atoms with E-state index in [4.69, 9.17) is 20.8 Å². The standard InChI is InChI=1S/C15H15ClN2O2/c1-10-3-4-12(20-10)9-18-14-7-11(19-2)5-6-13(14)17-15(18)8-16/h3-7H,8-9H2,1-2H3. The zero-order valence-electron chi connectivity index (χ0n) is 11.4. The Labute approximate surface area is 121 Å². The molecule has 20 heavy (non-hydrogen) atoms. The topological polar surface area (TPSA) is 40.2 Å². The summed E-state index contributed by atoms with van der Waals surface area (Å²) in [4.78, 5) is 4.54. The van der Waals surface area contributed by atoms with Gasteiger partial charge in [-0.25, -0.2) is 4.98 Å². The summed E-state index contributed by atoms with van der Waals surface area (Å²) in [5.74, 6) is 3.77.